The molecule has 0 fully saturated rings. The van der Waals surface area contributed by atoms with Crippen molar-refractivity contribution in [3.05, 3.63) is 0 Å². The molecular weight excluding hydrogens is 370 g/mol. The summed E-state index contributed by atoms with van der Waals surface area (Å²) < 4.78 is 0. The van der Waals surface area contributed by atoms with Crippen LogP contribution in [-0.4, -0.2) is 11.9 Å². The molecule has 0 heterocycles. The standard InChI is InChI=1S/2C10H20O2.Zn/c2*1-9(2,3)7-10(4,5)6-8(11)12;/h2*6-7H2,1-5H3,(H,11,12);/q;;+2/p-2. The zero-order chi connectivity index (χ0) is 20.0. The predicted molar refractivity (Wildman–Crippen MR) is 95.0 cm³/mol. The minimum atomic E-state index is -0.954. The van der Waals surface area contributed by atoms with Crippen LogP contribution in [0.5, 0.6) is 0 Å². The van der Waals surface area contributed by atoms with E-state index in [-0.39, 0.29) is 54.0 Å². The molecule has 4 nitrogen and oxygen atoms in total. The fourth-order valence-electron chi connectivity index (χ4n) is 3.78. The molecule has 0 radical (unpaired) electrons. The number of carboxylic acid groups (broad SMARTS) is 2. The van der Waals surface area contributed by atoms with Crippen molar-refractivity contribution in [3.63, 3.8) is 0 Å². The summed E-state index contributed by atoms with van der Waals surface area (Å²) in [4.78, 5) is 20.8. The third-order valence-corrected chi connectivity index (χ3v) is 3.26. The van der Waals surface area contributed by atoms with Gasteiger partial charge in [-0.1, -0.05) is 69.2 Å². The number of hydrogen-bond donors (Lipinski definition) is 0. The number of carbonyl (C=O) groups is 2. The van der Waals surface area contributed by atoms with Gasteiger partial charge in [0.1, 0.15) is 0 Å². The summed E-state index contributed by atoms with van der Waals surface area (Å²) in [6.07, 6.45) is 2.08. The van der Waals surface area contributed by atoms with Crippen molar-refractivity contribution in [2.75, 3.05) is 0 Å². The summed E-state index contributed by atoms with van der Waals surface area (Å²) in [6.45, 7) is 20.6. The molecule has 0 saturated heterocycles. The number of carboxylic acids is 2. The topological polar surface area (TPSA) is 80.3 Å². The van der Waals surface area contributed by atoms with Crippen molar-refractivity contribution in [2.45, 2.75) is 94.9 Å². The van der Waals surface area contributed by atoms with E-state index in [0.29, 0.717) is 0 Å². The molecule has 0 spiro atoms. The van der Waals surface area contributed by atoms with Crippen LogP contribution >= 0.6 is 0 Å². The number of rotatable bonds is 6. The predicted octanol–water partition coefficient (Wildman–Crippen LogP) is 3.18. The van der Waals surface area contributed by atoms with E-state index in [1.54, 1.807) is 0 Å². The summed E-state index contributed by atoms with van der Waals surface area (Å²) in [6, 6.07) is 0. The maximum atomic E-state index is 10.4. The molecule has 0 aliphatic carbocycles. The van der Waals surface area contributed by atoms with Gasteiger partial charge in [0.05, 0.1) is 0 Å². The normalized spacial score (nSPS) is 12.6. The summed E-state index contributed by atoms with van der Waals surface area (Å²) in [5.41, 5.74) is 0.0477. The van der Waals surface area contributed by atoms with E-state index in [9.17, 15) is 19.8 Å². The summed E-state index contributed by atoms with van der Waals surface area (Å²) in [5, 5.41) is 20.8. The van der Waals surface area contributed by atoms with Crippen LogP contribution in [0.25, 0.3) is 0 Å². The van der Waals surface area contributed by atoms with E-state index < -0.39 is 11.9 Å². The van der Waals surface area contributed by atoms with E-state index in [0.717, 1.165) is 12.8 Å². The van der Waals surface area contributed by atoms with Crippen LogP contribution in [0.15, 0.2) is 0 Å². The minimum Gasteiger partial charge on any atom is -0.550 e. The van der Waals surface area contributed by atoms with E-state index in [1.807, 2.05) is 27.7 Å². The van der Waals surface area contributed by atoms with Crippen molar-refractivity contribution in [3.8, 4) is 0 Å². The second-order valence-electron chi connectivity index (χ2n) is 10.9. The number of hydrogen-bond acceptors (Lipinski definition) is 4. The molecule has 0 unspecified atom stereocenters. The van der Waals surface area contributed by atoms with Gasteiger partial charge in [0.2, 0.25) is 0 Å². The Labute approximate surface area is 167 Å². The molecule has 0 atom stereocenters. The van der Waals surface area contributed by atoms with Crippen LogP contribution in [0.2, 0.25) is 0 Å². The average molecular weight is 408 g/mol. The van der Waals surface area contributed by atoms with Gasteiger partial charge < -0.3 is 19.8 Å². The van der Waals surface area contributed by atoms with Crippen LogP contribution in [-0.2, 0) is 29.1 Å². The molecule has 144 valence electrons. The van der Waals surface area contributed by atoms with Crippen molar-refractivity contribution >= 4 is 11.9 Å². The Balaban J connectivity index is -0.000000372. The van der Waals surface area contributed by atoms with Gasteiger partial charge in [0.15, 0.2) is 0 Å². The van der Waals surface area contributed by atoms with Crippen LogP contribution in [0.1, 0.15) is 94.9 Å². The molecule has 0 aromatic rings. The van der Waals surface area contributed by atoms with Gasteiger partial charge in [-0.15, -0.1) is 0 Å². The van der Waals surface area contributed by atoms with Gasteiger partial charge >= 0.3 is 19.5 Å². The third kappa shape index (κ3) is 23.6. The number of aliphatic carboxylic acids is 2. The quantitative estimate of drug-likeness (QED) is 0.633. The molecule has 25 heavy (non-hydrogen) atoms. The Hall–Kier alpha value is -0.437. The Bertz CT molecular complexity index is 372. The molecule has 0 saturated carbocycles. The Morgan fingerprint density at radius 3 is 0.920 bits per heavy atom. The second kappa shape index (κ2) is 10.6. The van der Waals surface area contributed by atoms with Gasteiger partial charge in [-0.05, 0) is 47.3 Å². The van der Waals surface area contributed by atoms with E-state index in [4.69, 9.17) is 0 Å². The van der Waals surface area contributed by atoms with Crippen LogP contribution in [0.4, 0.5) is 0 Å². The maximum absolute atomic E-state index is 10.4. The molecular formula is C20H38O4Zn. The van der Waals surface area contributed by atoms with Gasteiger partial charge in [-0.25, -0.2) is 0 Å². The fourth-order valence-corrected chi connectivity index (χ4v) is 3.78. The molecule has 0 amide bonds. The van der Waals surface area contributed by atoms with Crippen LogP contribution < -0.4 is 10.2 Å². The molecule has 0 aromatic carbocycles. The molecule has 0 aliphatic heterocycles. The third-order valence-electron chi connectivity index (χ3n) is 3.26. The van der Waals surface area contributed by atoms with Gasteiger partial charge in [-0.3, -0.25) is 0 Å². The number of carbonyl (C=O) groups excluding carboxylic acids is 2. The molecule has 0 aromatic heterocycles. The monoisotopic (exact) mass is 406 g/mol. The Morgan fingerprint density at radius 1 is 0.600 bits per heavy atom. The molecule has 0 bridgehead atoms. The van der Waals surface area contributed by atoms with E-state index in [1.165, 1.54) is 0 Å². The van der Waals surface area contributed by atoms with Gasteiger partial charge in [-0.2, -0.15) is 0 Å². The molecule has 0 N–H and O–H groups in total. The first-order valence-corrected chi connectivity index (χ1v) is 8.64. The van der Waals surface area contributed by atoms with Crippen molar-refractivity contribution in [1.29, 1.82) is 0 Å². The first kappa shape index (κ1) is 29.3. The van der Waals surface area contributed by atoms with Crippen LogP contribution in [0, 0.1) is 21.7 Å². The van der Waals surface area contributed by atoms with Gasteiger partial charge in [0.25, 0.3) is 0 Å². The van der Waals surface area contributed by atoms with Gasteiger partial charge in [0, 0.05) is 11.9 Å². The summed E-state index contributed by atoms with van der Waals surface area (Å²) in [5.74, 6) is -1.91. The zero-order valence-corrected chi connectivity index (χ0v) is 21.1. The van der Waals surface area contributed by atoms with Crippen molar-refractivity contribution in [2.24, 2.45) is 21.7 Å². The summed E-state index contributed by atoms with van der Waals surface area (Å²) >= 11 is 0. The smallest absolute Gasteiger partial charge is 0.550 e. The van der Waals surface area contributed by atoms with Crippen LogP contribution in [0.3, 0.4) is 0 Å². The largest absolute Gasteiger partial charge is 2.00 e. The Kier molecular flexibility index (Phi) is 12.5. The maximum Gasteiger partial charge on any atom is 2.00 e. The fraction of sp³-hybridized carbons (Fsp3) is 0.900. The minimum absolute atomic E-state index is 0. The molecule has 0 aliphatic rings. The molecule has 0 rings (SSSR count). The first-order valence-electron chi connectivity index (χ1n) is 8.64. The van der Waals surface area contributed by atoms with E-state index >= 15 is 0 Å². The zero-order valence-electron chi connectivity index (χ0n) is 18.2. The SMILES string of the molecule is CC(C)(C)CC(C)(C)CC(=O)[O-].CC(C)(C)CC(C)(C)CC(=O)[O-].[Zn+2]. The van der Waals surface area contributed by atoms with E-state index in [2.05, 4.69) is 41.5 Å². The second-order valence-corrected chi connectivity index (χ2v) is 10.9. The first-order chi connectivity index (χ1) is 10.2. The summed E-state index contributed by atoms with van der Waals surface area (Å²) in [7, 11) is 0. The molecule has 5 heteroatoms. The van der Waals surface area contributed by atoms with Crippen molar-refractivity contribution < 1.29 is 39.3 Å². The Morgan fingerprint density at radius 2 is 0.800 bits per heavy atom. The van der Waals surface area contributed by atoms with Crippen molar-refractivity contribution in [1.82, 2.24) is 0 Å². The average Bonchev–Trinajstić information content (AvgIpc) is 2.02.